The van der Waals surface area contributed by atoms with E-state index >= 15 is 0 Å². The summed E-state index contributed by atoms with van der Waals surface area (Å²) >= 11 is 0. The zero-order chi connectivity index (χ0) is 22.5. The Morgan fingerprint density at radius 3 is 2.09 bits per heavy atom. The van der Waals surface area contributed by atoms with Gasteiger partial charge in [0.2, 0.25) is 0 Å². The molecule has 1 aliphatic rings. The number of nitrogens with one attached hydrogen (secondary N) is 1. The minimum atomic E-state index is -0.118. The van der Waals surface area contributed by atoms with Gasteiger partial charge in [-0.05, 0) is 42.5 Å². The molecule has 6 nitrogen and oxygen atoms in total. The van der Waals surface area contributed by atoms with Crippen LogP contribution >= 0.6 is 0 Å². The fraction of sp³-hybridized carbons (Fsp3) is 0.231. The number of hydrogen-bond donors (Lipinski definition) is 1. The van der Waals surface area contributed by atoms with Crippen molar-refractivity contribution in [3.63, 3.8) is 0 Å². The van der Waals surface area contributed by atoms with Gasteiger partial charge < -0.3 is 20.0 Å². The summed E-state index contributed by atoms with van der Waals surface area (Å²) in [5.74, 6) is -0.0441. The third kappa shape index (κ3) is 4.44. The first-order valence-corrected chi connectivity index (χ1v) is 10.8. The number of amides is 2. The summed E-state index contributed by atoms with van der Waals surface area (Å²) in [6, 6.07) is 25.3. The fourth-order valence-corrected chi connectivity index (χ4v) is 4.04. The van der Waals surface area contributed by atoms with Crippen LogP contribution in [0.2, 0.25) is 0 Å². The first-order valence-electron chi connectivity index (χ1n) is 10.8. The summed E-state index contributed by atoms with van der Waals surface area (Å²) < 4.78 is 0. The van der Waals surface area contributed by atoms with E-state index in [1.807, 2.05) is 89.6 Å². The predicted octanol–water partition coefficient (Wildman–Crippen LogP) is 3.78. The molecular weight excluding hydrogens is 400 g/mol. The second-order valence-electron chi connectivity index (χ2n) is 7.82. The molecule has 0 radical (unpaired) electrons. The average Bonchev–Trinajstić information content (AvgIpc) is 2.88. The van der Waals surface area contributed by atoms with Crippen LogP contribution in [0.1, 0.15) is 20.7 Å². The van der Waals surface area contributed by atoms with Crippen LogP contribution in [0.5, 0.6) is 0 Å². The van der Waals surface area contributed by atoms with E-state index < -0.39 is 0 Å². The van der Waals surface area contributed by atoms with Crippen molar-refractivity contribution in [2.45, 2.75) is 0 Å². The van der Waals surface area contributed by atoms with Gasteiger partial charge in [0.05, 0.1) is 11.3 Å². The molecule has 1 heterocycles. The molecule has 0 atom stereocenters. The molecule has 3 aromatic carbocycles. The predicted molar refractivity (Wildman–Crippen MR) is 129 cm³/mol. The lowest BCUT2D eigenvalue weighted by molar-refractivity contribution is 0.0746. The number of hydrogen-bond acceptors (Lipinski definition) is 4. The molecular formula is C26H28N4O2. The smallest absolute Gasteiger partial charge is 0.253 e. The maximum absolute atomic E-state index is 12.8. The number of carbonyl (C=O) groups excluding carboxylic acids is 2. The second-order valence-corrected chi connectivity index (χ2v) is 7.82. The molecule has 1 N–H and O–H groups in total. The molecule has 1 saturated heterocycles. The van der Waals surface area contributed by atoms with Gasteiger partial charge >= 0.3 is 0 Å². The third-order valence-electron chi connectivity index (χ3n) is 5.91. The molecule has 0 aromatic heterocycles. The van der Waals surface area contributed by atoms with Gasteiger partial charge in [-0.2, -0.15) is 0 Å². The Morgan fingerprint density at radius 1 is 0.844 bits per heavy atom. The quantitative estimate of drug-likeness (QED) is 0.672. The van der Waals surface area contributed by atoms with Crippen molar-refractivity contribution < 1.29 is 9.59 Å². The normalized spacial score (nSPS) is 13.6. The van der Waals surface area contributed by atoms with E-state index in [9.17, 15) is 9.59 Å². The molecule has 1 aliphatic heterocycles. The van der Waals surface area contributed by atoms with E-state index in [2.05, 4.69) is 16.3 Å². The van der Waals surface area contributed by atoms with Crippen LogP contribution in [0, 0.1) is 0 Å². The molecule has 32 heavy (non-hydrogen) atoms. The van der Waals surface area contributed by atoms with Crippen molar-refractivity contribution in [2.75, 3.05) is 50.1 Å². The van der Waals surface area contributed by atoms with Gasteiger partial charge in [0.25, 0.3) is 11.8 Å². The van der Waals surface area contributed by atoms with Crippen LogP contribution < -0.4 is 15.1 Å². The fourth-order valence-electron chi connectivity index (χ4n) is 4.04. The molecule has 164 valence electrons. The number of piperazine rings is 1. The largest absolute Gasteiger partial charge is 0.368 e. The van der Waals surface area contributed by atoms with Gasteiger partial charge in [-0.3, -0.25) is 9.59 Å². The Morgan fingerprint density at radius 2 is 1.47 bits per heavy atom. The van der Waals surface area contributed by atoms with Crippen LogP contribution in [-0.2, 0) is 0 Å². The van der Waals surface area contributed by atoms with Gasteiger partial charge in [-0.15, -0.1) is 0 Å². The zero-order valence-electron chi connectivity index (χ0n) is 18.5. The SMILES string of the molecule is CNC(=O)c1ccc(N2CCN(C(=O)c3ccccc3)CC2)cc1N(C)c1ccccc1. The Labute approximate surface area is 189 Å². The highest BCUT2D eigenvalue weighted by molar-refractivity contribution is 6.01. The number of carbonyl (C=O) groups is 2. The topological polar surface area (TPSA) is 55.9 Å². The summed E-state index contributed by atoms with van der Waals surface area (Å²) in [5.41, 5.74) is 4.24. The van der Waals surface area contributed by atoms with E-state index in [-0.39, 0.29) is 11.8 Å². The molecule has 0 spiro atoms. The highest BCUT2D eigenvalue weighted by Crippen LogP contribution is 2.31. The molecule has 3 aromatic rings. The Hall–Kier alpha value is -3.80. The van der Waals surface area contributed by atoms with Crippen molar-refractivity contribution >= 4 is 28.9 Å². The van der Waals surface area contributed by atoms with E-state index in [4.69, 9.17) is 0 Å². The number of rotatable bonds is 5. The molecule has 0 aliphatic carbocycles. The summed E-state index contributed by atoms with van der Waals surface area (Å²) in [6.07, 6.45) is 0. The Bertz CT molecular complexity index is 1080. The number of para-hydroxylation sites is 1. The maximum atomic E-state index is 12.8. The van der Waals surface area contributed by atoms with E-state index in [1.165, 1.54) is 0 Å². The van der Waals surface area contributed by atoms with Crippen LogP contribution in [-0.4, -0.2) is 57.0 Å². The van der Waals surface area contributed by atoms with Gasteiger partial charge in [-0.25, -0.2) is 0 Å². The van der Waals surface area contributed by atoms with E-state index in [0.717, 1.165) is 35.7 Å². The number of benzene rings is 3. The molecule has 1 fully saturated rings. The number of nitrogens with zero attached hydrogens (tertiary/aromatic N) is 3. The summed E-state index contributed by atoms with van der Waals surface area (Å²) in [4.78, 5) is 31.5. The summed E-state index contributed by atoms with van der Waals surface area (Å²) in [5, 5.41) is 2.74. The van der Waals surface area contributed by atoms with Crippen molar-refractivity contribution in [1.29, 1.82) is 0 Å². The first-order chi connectivity index (χ1) is 15.6. The van der Waals surface area contributed by atoms with Crippen molar-refractivity contribution in [3.05, 3.63) is 90.0 Å². The van der Waals surface area contributed by atoms with Crippen LogP contribution in [0.25, 0.3) is 0 Å². The zero-order valence-corrected chi connectivity index (χ0v) is 18.5. The molecule has 0 bridgehead atoms. The number of anilines is 3. The van der Waals surface area contributed by atoms with Crippen LogP contribution in [0.15, 0.2) is 78.9 Å². The standard InChI is InChI=1S/C26H28N4O2/c1-27-25(31)23-14-13-22(19-24(23)28(2)21-11-7-4-8-12-21)29-15-17-30(18-16-29)26(32)20-9-5-3-6-10-20/h3-14,19H,15-18H2,1-2H3,(H,27,31). The maximum Gasteiger partial charge on any atom is 0.253 e. The molecule has 0 unspecified atom stereocenters. The Kier molecular flexibility index (Phi) is 6.40. The summed E-state index contributed by atoms with van der Waals surface area (Å²) in [6.45, 7) is 2.81. The van der Waals surface area contributed by atoms with Crippen molar-refractivity contribution in [1.82, 2.24) is 10.2 Å². The minimum absolute atomic E-state index is 0.0738. The van der Waals surface area contributed by atoms with Crippen LogP contribution in [0.3, 0.4) is 0 Å². The molecule has 2 amide bonds. The summed E-state index contributed by atoms with van der Waals surface area (Å²) in [7, 11) is 3.61. The molecule has 0 saturated carbocycles. The van der Waals surface area contributed by atoms with Crippen molar-refractivity contribution in [3.8, 4) is 0 Å². The van der Waals surface area contributed by atoms with Gasteiger partial charge in [-0.1, -0.05) is 36.4 Å². The average molecular weight is 429 g/mol. The lowest BCUT2D eigenvalue weighted by Crippen LogP contribution is -2.48. The minimum Gasteiger partial charge on any atom is -0.368 e. The van der Waals surface area contributed by atoms with Crippen LogP contribution in [0.4, 0.5) is 17.1 Å². The highest BCUT2D eigenvalue weighted by atomic mass is 16.2. The van der Waals surface area contributed by atoms with Gasteiger partial charge in [0, 0.05) is 57.2 Å². The van der Waals surface area contributed by atoms with Gasteiger partial charge in [0.15, 0.2) is 0 Å². The third-order valence-corrected chi connectivity index (χ3v) is 5.91. The molecule has 6 heteroatoms. The Balaban J connectivity index is 1.54. The lowest BCUT2D eigenvalue weighted by Gasteiger charge is -2.36. The highest BCUT2D eigenvalue weighted by Gasteiger charge is 2.24. The van der Waals surface area contributed by atoms with E-state index in [0.29, 0.717) is 18.7 Å². The van der Waals surface area contributed by atoms with Crippen molar-refractivity contribution in [2.24, 2.45) is 0 Å². The van der Waals surface area contributed by atoms with Gasteiger partial charge in [0.1, 0.15) is 0 Å². The van der Waals surface area contributed by atoms with E-state index in [1.54, 1.807) is 7.05 Å². The first kappa shape index (κ1) is 21.4. The lowest BCUT2D eigenvalue weighted by atomic mass is 10.1. The second kappa shape index (κ2) is 9.56. The molecule has 4 rings (SSSR count). The monoisotopic (exact) mass is 428 g/mol.